The summed E-state index contributed by atoms with van der Waals surface area (Å²) in [5, 5.41) is 111. The molecule has 0 spiro atoms. The number of carboxylic acids is 1. The molecule has 0 unspecified atom stereocenters. The van der Waals surface area contributed by atoms with Crippen LogP contribution in [-0.2, 0) is 32.6 Å². The Balaban J connectivity index is 1.19. The second-order valence-corrected chi connectivity index (χ2v) is 19.3. The normalized spacial score (nSPS) is 34.1. The van der Waals surface area contributed by atoms with Crippen LogP contribution in [0, 0.1) is 17.3 Å². The van der Waals surface area contributed by atoms with E-state index in [1.54, 1.807) is 30.5 Å². The Bertz CT molecular complexity index is 2670. The number of imidazole rings is 1. The van der Waals surface area contributed by atoms with Gasteiger partial charge < -0.3 is 65.5 Å². The number of aliphatic hydroxyl groups is 6. The molecule has 1 saturated heterocycles. The van der Waals surface area contributed by atoms with E-state index in [9.17, 15) is 55.9 Å². The van der Waals surface area contributed by atoms with Gasteiger partial charge >= 0.3 is 11.9 Å². The Labute approximate surface area is 384 Å². The topological polar surface area (TPSA) is 287 Å². The average Bonchev–Trinajstić information content (AvgIpc) is 4.02. The second-order valence-electron chi connectivity index (χ2n) is 19.3. The molecule has 17 nitrogen and oxygen atoms in total. The number of aromatic amines is 1. The lowest BCUT2D eigenvalue weighted by atomic mass is 9.39. The Morgan fingerprint density at radius 3 is 2.49 bits per heavy atom. The summed E-state index contributed by atoms with van der Waals surface area (Å²) in [6.45, 7) is -1.07. The van der Waals surface area contributed by atoms with Crippen molar-refractivity contribution in [1.29, 1.82) is 0 Å². The van der Waals surface area contributed by atoms with Gasteiger partial charge in [0.25, 0.3) is 5.91 Å². The maximum absolute atomic E-state index is 15.3. The van der Waals surface area contributed by atoms with E-state index < -0.39 is 82.7 Å². The number of anilines is 1. The molecule has 1 amide bonds. The summed E-state index contributed by atoms with van der Waals surface area (Å²) in [4.78, 5) is 38.3. The van der Waals surface area contributed by atoms with Gasteiger partial charge in [-0.25, -0.2) is 9.78 Å². The van der Waals surface area contributed by atoms with Gasteiger partial charge in [0, 0.05) is 64.9 Å². The first-order valence-electron chi connectivity index (χ1n) is 22.9. The summed E-state index contributed by atoms with van der Waals surface area (Å²) >= 11 is 0. The fraction of sp³-hybridized carbons (Fsp3) is 0.460. The number of aromatic hydroxyl groups is 3. The molecule has 4 aromatic rings. The molecule has 11 N–H and O–H groups in total. The molecule has 2 saturated carbocycles. The number of H-pyrrole nitrogens is 1. The van der Waals surface area contributed by atoms with Gasteiger partial charge in [0.05, 0.1) is 18.6 Å². The van der Waals surface area contributed by atoms with Crippen molar-refractivity contribution in [3.05, 3.63) is 112 Å². The van der Waals surface area contributed by atoms with Crippen molar-refractivity contribution in [2.24, 2.45) is 17.3 Å². The van der Waals surface area contributed by atoms with E-state index >= 15 is 4.79 Å². The number of aliphatic carboxylic acids is 1. The molecule has 4 aliphatic carbocycles. The molecule has 2 aliphatic heterocycles. The predicted octanol–water partition coefficient (Wildman–Crippen LogP) is 3.38. The first-order valence-corrected chi connectivity index (χ1v) is 22.9. The summed E-state index contributed by atoms with van der Waals surface area (Å²) in [5.41, 5.74) is 0.305. The van der Waals surface area contributed by atoms with Crippen LogP contribution in [-0.4, -0.2) is 122 Å². The highest BCUT2D eigenvalue weighted by Crippen LogP contribution is 2.78. The predicted molar refractivity (Wildman–Crippen MR) is 238 cm³/mol. The molecule has 1 aromatic heterocycles. The van der Waals surface area contributed by atoms with Gasteiger partial charge in [-0.1, -0.05) is 36.6 Å². The van der Waals surface area contributed by atoms with Gasteiger partial charge in [0.1, 0.15) is 29.8 Å². The van der Waals surface area contributed by atoms with E-state index in [2.05, 4.69) is 9.97 Å². The van der Waals surface area contributed by atoms with Crippen molar-refractivity contribution >= 4 is 23.6 Å². The van der Waals surface area contributed by atoms with E-state index in [1.165, 1.54) is 36.7 Å². The summed E-state index contributed by atoms with van der Waals surface area (Å²) in [6, 6.07) is 12.7. The number of phenols is 3. The number of aliphatic hydroxyl groups excluding tert-OH is 5. The number of hydrogen-bond acceptors (Lipinski definition) is 14. The van der Waals surface area contributed by atoms with Crippen molar-refractivity contribution < 1.29 is 70.1 Å². The van der Waals surface area contributed by atoms with E-state index in [-0.39, 0.29) is 41.2 Å². The van der Waals surface area contributed by atoms with Crippen molar-refractivity contribution in [3.63, 3.8) is 0 Å². The maximum Gasteiger partial charge on any atom is 0.355 e. The van der Waals surface area contributed by atoms with Crippen LogP contribution < -0.4 is 9.64 Å². The number of carboxylic acid groups (broad SMARTS) is 1. The van der Waals surface area contributed by atoms with Crippen LogP contribution in [0.5, 0.6) is 23.0 Å². The van der Waals surface area contributed by atoms with E-state index in [0.29, 0.717) is 49.7 Å². The summed E-state index contributed by atoms with van der Waals surface area (Å²) < 4.78 is 11.1. The number of phenolic OH excluding ortho intramolecular Hbond substituents is 3. The number of benzene rings is 3. The van der Waals surface area contributed by atoms with Crippen LogP contribution in [0.25, 0.3) is 6.08 Å². The van der Waals surface area contributed by atoms with Crippen LogP contribution in [0.4, 0.5) is 5.69 Å². The van der Waals surface area contributed by atoms with Crippen molar-refractivity contribution in [1.82, 2.24) is 9.97 Å². The monoisotopic (exact) mass is 921 g/mol. The first-order chi connectivity index (χ1) is 32.1. The zero-order valence-electron chi connectivity index (χ0n) is 36.5. The highest BCUT2D eigenvalue weighted by atomic mass is 16.8. The third kappa shape index (κ3) is 6.57. The van der Waals surface area contributed by atoms with Crippen LogP contribution in [0.2, 0.25) is 0 Å². The molecule has 3 aromatic carbocycles. The smallest absolute Gasteiger partial charge is 0.355 e. The number of ether oxygens (including phenoxy) is 2. The summed E-state index contributed by atoms with van der Waals surface area (Å²) in [5.74, 6) is -7.84. The SMILES string of the molecule is O=C(/C=C/c1ccc(O)c(Cc2cnc[nH]2)c1)N1c2cc(O[C@]3(O)O[C@H](CO)[C@@H](O)[C@H](O)[C@H]3O)c(O)cc2[C@@H]2[C@@]1(C(=O)O)C=C1C[C@@H](CO)CC[C@]12[C@@]12CCCC[C@@H]1CCc1cccc(O)c12. The van der Waals surface area contributed by atoms with Crippen molar-refractivity contribution in [3.8, 4) is 23.0 Å². The average molecular weight is 922 g/mol. The van der Waals surface area contributed by atoms with Gasteiger partial charge in [-0.15, -0.1) is 0 Å². The number of nitrogens with one attached hydrogen (secondary N) is 1. The minimum Gasteiger partial charge on any atom is -0.508 e. The van der Waals surface area contributed by atoms with Gasteiger partial charge in [-0.3, -0.25) is 9.69 Å². The number of amides is 1. The number of carbonyl (C=O) groups excluding carboxylic acids is 1. The molecule has 11 atom stereocenters. The molecule has 3 fully saturated rings. The number of aryl methyl sites for hydroxylation is 1. The molecule has 10 rings (SSSR count). The Morgan fingerprint density at radius 2 is 1.75 bits per heavy atom. The number of rotatable bonds is 10. The fourth-order valence-electron chi connectivity index (χ4n) is 13.4. The third-order valence-corrected chi connectivity index (χ3v) is 16.1. The lowest BCUT2D eigenvalue weighted by Crippen LogP contribution is -2.67. The van der Waals surface area contributed by atoms with Crippen LogP contribution >= 0.6 is 0 Å². The number of allylic oxidation sites excluding steroid dienone is 1. The summed E-state index contributed by atoms with van der Waals surface area (Å²) in [7, 11) is 0. The number of nitrogens with zero attached hydrogens (tertiary/aromatic N) is 2. The molecule has 0 bridgehead atoms. The fourth-order valence-corrected chi connectivity index (χ4v) is 13.4. The maximum atomic E-state index is 15.3. The first kappa shape index (κ1) is 45.0. The van der Waals surface area contributed by atoms with E-state index in [1.807, 2.05) is 12.1 Å². The number of fused-ring (bicyclic) bond motifs is 9. The third-order valence-electron chi connectivity index (χ3n) is 16.1. The van der Waals surface area contributed by atoms with E-state index in [4.69, 9.17) is 9.47 Å². The molecular weight excluding hydrogens is 867 g/mol. The molecule has 0 radical (unpaired) electrons. The summed E-state index contributed by atoms with van der Waals surface area (Å²) in [6.07, 6.45) is 5.64. The zero-order valence-corrected chi connectivity index (χ0v) is 36.5. The number of aromatic nitrogens is 2. The quantitative estimate of drug-likeness (QED) is 0.0618. The molecule has 67 heavy (non-hydrogen) atoms. The standard InChI is InChI=1S/C50H55N3O14/c54-23-27-13-15-48(47-14-2-1-5-30(47)10-9-28-4-3-6-36(57)41(28)47)31(17-27)21-49(46(63)64)44(48)33-19-37(58)38(66-50(65)45(62)43(61)42(60)39(24-55)67-50)20-34(33)53(49)40(59)12-8-26-7-11-35(56)29(16-26)18-32-22-51-25-52-32/h3-4,6-8,11-12,16,19-22,25,27,30,39,42-45,54-58,60-62,65H,1-2,5,9-10,13-15,17-18,23-24H2,(H,51,52)(H,63,64)/b12-8+/t27-,30+,39+,42+,43-,44-,45+,47-,48-,49+,50-/m0/s1. The van der Waals surface area contributed by atoms with Crippen LogP contribution in [0.15, 0.2) is 78.8 Å². The number of carbonyl (C=O) groups is 2. The van der Waals surface area contributed by atoms with Gasteiger partial charge in [0.2, 0.25) is 0 Å². The molecule has 17 heteroatoms. The van der Waals surface area contributed by atoms with Gasteiger partial charge in [-0.2, -0.15) is 0 Å². The van der Waals surface area contributed by atoms with Gasteiger partial charge in [0.15, 0.2) is 23.1 Å². The lowest BCUT2D eigenvalue weighted by molar-refractivity contribution is -0.422. The van der Waals surface area contributed by atoms with Crippen LogP contribution in [0.1, 0.15) is 90.8 Å². The highest BCUT2D eigenvalue weighted by Gasteiger charge is 2.76. The molecular formula is C50H55N3O14. The minimum atomic E-state index is -3.17. The molecule has 6 aliphatic rings. The lowest BCUT2D eigenvalue weighted by Gasteiger charge is -2.63. The molecule has 3 heterocycles. The Morgan fingerprint density at radius 1 is 0.925 bits per heavy atom. The second kappa shape index (κ2) is 16.5. The largest absolute Gasteiger partial charge is 0.508 e. The zero-order chi connectivity index (χ0) is 47.2. The van der Waals surface area contributed by atoms with Crippen molar-refractivity contribution in [2.45, 2.75) is 111 Å². The highest BCUT2D eigenvalue weighted by molar-refractivity contribution is 6.13. The van der Waals surface area contributed by atoms with E-state index in [0.717, 1.165) is 53.0 Å². The number of hydrogen-bond donors (Lipinski definition) is 11. The van der Waals surface area contributed by atoms with Crippen LogP contribution in [0.3, 0.4) is 0 Å². The molecule has 354 valence electrons. The van der Waals surface area contributed by atoms with Crippen molar-refractivity contribution in [2.75, 3.05) is 18.1 Å². The Kier molecular flexibility index (Phi) is 11.1. The van der Waals surface area contributed by atoms with Gasteiger partial charge in [-0.05, 0) is 110 Å². The minimum absolute atomic E-state index is 0.00925. The Hall–Kier alpha value is -5.79.